The summed E-state index contributed by atoms with van der Waals surface area (Å²) in [5, 5.41) is 4.68. The topological polar surface area (TPSA) is 69.4 Å². The van der Waals surface area contributed by atoms with Crippen molar-refractivity contribution in [2.45, 2.75) is 34.1 Å². The third-order valence-electron chi connectivity index (χ3n) is 3.61. The summed E-state index contributed by atoms with van der Waals surface area (Å²) in [6, 6.07) is 0. The van der Waals surface area contributed by atoms with Crippen LogP contribution >= 0.6 is 0 Å². The minimum Gasteiger partial charge on any atom is -0.243 e. The predicted molar refractivity (Wildman–Crippen MR) is 83.8 cm³/mol. The van der Waals surface area contributed by atoms with Gasteiger partial charge in [0, 0.05) is 18.0 Å². The monoisotopic (exact) mass is 294 g/mol. The van der Waals surface area contributed by atoms with E-state index in [1.807, 2.05) is 37.8 Å². The fourth-order valence-electron chi connectivity index (χ4n) is 2.40. The molecule has 112 valence electrons. The molecule has 3 aromatic rings. The second kappa shape index (κ2) is 5.63. The highest BCUT2D eigenvalue weighted by Crippen LogP contribution is 2.26. The first kappa shape index (κ1) is 14.3. The van der Waals surface area contributed by atoms with Crippen molar-refractivity contribution < 1.29 is 0 Å². The van der Waals surface area contributed by atoms with Crippen LogP contribution in [0.2, 0.25) is 0 Å². The lowest BCUT2D eigenvalue weighted by Gasteiger charge is -2.04. The summed E-state index contributed by atoms with van der Waals surface area (Å²) in [6.45, 7) is 7.95. The molecule has 0 saturated carbocycles. The van der Waals surface area contributed by atoms with Gasteiger partial charge >= 0.3 is 0 Å². The maximum Gasteiger partial charge on any atom is 0.125 e. The van der Waals surface area contributed by atoms with E-state index in [2.05, 4.69) is 32.0 Å². The van der Waals surface area contributed by atoms with E-state index >= 15 is 0 Å². The molecule has 0 aliphatic heterocycles. The summed E-state index contributed by atoms with van der Waals surface area (Å²) in [7, 11) is 0. The first-order valence-corrected chi connectivity index (χ1v) is 7.26. The van der Waals surface area contributed by atoms with Crippen molar-refractivity contribution in [1.29, 1.82) is 0 Å². The molecule has 6 heteroatoms. The Labute approximate surface area is 129 Å². The average molecular weight is 294 g/mol. The maximum absolute atomic E-state index is 4.68. The summed E-state index contributed by atoms with van der Waals surface area (Å²) < 4.78 is 1.83. The van der Waals surface area contributed by atoms with Gasteiger partial charge in [0.1, 0.15) is 17.8 Å². The second-order valence-corrected chi connectivity index (χ2v) is 5.23. The van der Waals surface area contributed by atoms with E-state index in [9.17, 15) is 0 Å². The lowest BCUT2D eigenvalue weighted by molar-refractivity contribution is 0.820. The summed E-state index contributed by atoms with van der Waals surface area (Å²) in [5.74, 6) is 0.759. The Morgan fingerprint density at radius 1 is 1.09 bits per heavy atom. The van der Waals surface area contributed by atoms with Crippen LogP contribution in [0.4, 0.5) is 0 Å². The highest BCUT2D eigenvalue weighted by Gasteiger charge is 2.15. The summed E-state index contributed by atoms with van der Waals surface area (Å²) in [6.07, 6.45) is 8.00. The SMILES string of the molecule is CCc1nn(-c2cncnc2C)cc1-c1nc(C)ncc1C. The van der Waals surface area contributed by atoms with Crippen molar-refractivity contribution in [2.75, 3.05) is 0 Å². The maximum atomic E-state index is 4.68. The van der Waals surface area contributed by atoms with Gasteiger partial charge in [-0.25, -0.2) is 24.6 Å². The fraction of sp³-hybridized carbons (Fsp3) is 0.312. The van der Waals surface area contributed by atoms with Gasteiger partial charge in [0.25, 0.3) is 0 Å². The standard InChI is InChI=1S/C16H18N6/c1-5-14-13(16-10(2)6-18-12(4)20-16)8-22(21-14)15-7-17-9-19-11(15)3/h6-9H,5H2,1-4H3. The Balaban J connectivity index is 2.18. The normalized spacial score (nSPS) is 10.9. The average Bonchev–Trinajstić information content (AvgIpc) is 2.94. The third-order valence-corrected chi connectivity index (χ3v) is 3.61. The number of nitrogens with zero attached hydrogens (tertiary/aromatic N) is 6. The summed E-state index contributed by atoms with van der Waals surface area (Å²) >= 11 is 0. The Morgan fingerprint density at radius 3 is 2.64 bits per heavy atom. The van der Waals surface area contributed by atoms with Gasteiger partial charge in [-0.1, -0.05) is 6.92 Å². The molecule has 0 aliphatic rings. The van der Waals surface area contributed by atoms with Crippen LogP contribution in [0.15, 0.2) is 24.9 Å². The molecule has 22 heavy (non-hydrogen) atoms. The Bertz CT molecular complexity index is 821. The molecular formula is C16H18N6. The lowest BCUT2D eigenvalue weighted by Crippen LogP contribution is -2.00. The molecule has 3 rings (SSSR count). The van der Waals surface area contributed by atoms with E-state index in [-0.39, 0.29) is 0 Å². The van der Waals surface area contributed by atoms with Crippen molar-refractivity contribution in [1.82, 2.24) is 29.7 Å². The minimum atomic E-state index is 0.759. The van der Waals surface area contributed by atoms with Gasteiger partial charge in [0.15, 0.2) is 0 Å². The van der Waals surface area contributed by atoms with Gasteiger partial charge in [-0.05, 0) is 32.8 Å². The lowest BCUT2D eigenvalue weighted by atomic mass is 10.1. The quantitative estimate of drug-likeness (QED) is 0.742. The van der Waals surface area contributed by atoms with Gasteiger partial charge < -0.3 is 0 Å². The molecule has 6 nitrogen and oxygen atoms in total. The van der Waals surface area contributed by atoms with Crippen molar-refractivity contribution in [3.05, 3.63) is 47.7 Å². The molecular weight excluding hydrogens is 276 g/mol. The smallest absolute Gasteiger partial charge is 0.125 e. The first-order valence-electron chi connectivity index (χ1n) is 7.26. The molecule has 0 radical (unpaired) electrons. The number of aromatic nitrogens is 6. The molecule has 0 amide bonds. The first-order chi connectivity index (χ1) is 10.6. The highest BCUT2D eigenvalue weighted by atomic mass is 15.3. The van der Waals surface area contributed by atoms with Crippen LogP contribution in [-0.2, 0) is 6.42 Å². The Morgan fingerprint density at radius 2 is 1.91 bits per heavy atom. The van der Waals surface area contributed by atoms with Gasteiger partial charge in [0.05, 0.1) is 23.3 Å². The van der Waals surface area contributed by atoms with Crippen LogP contribution in [0.5, 0.6) is 0 Å². The van der Waals surface area contributed by atoms with Crippen molar-refractivity contribution in [3.63, 3.8) is 0 Å². The zero-order valence-electron chi connectivity index (χ0n) is 13.2. The minimum absolute atomic E-state index is 0.759. The largest absolute Gasteiger partial charge is 0.243 e. The molecule has 0 saturated heterocycles. The third kappa shape index (κ3) is 2.47. The van der Waals surface area contributed by atoms with Crippen LogP contribution in [0, 0.1) is 20.8 Å². The van der Waals surface area contributed by atoms with Crippen molar-refractivity contribution in [2.24, 2.45) is 0 Å². The van der Waals surface area contributed by atoms with E-state index < -0.39 is 0 Å². The molecule has 3 heterocycles. The van der Waals surface area contributed by atoms with Crippen LogP contribution in [0.3, 0.4) is 0 Å². The van der Waals surface area contributed by atoms with Gasteiger partial charge in [-0.3, -0.25) is 0 Å². The zero-order valence-corrected chi connectivity index (χ0v) is 13.2. The van der Waals surface area contributed by atoms with Crippen LogP contribution in [-0.4, -0.2) is 29.7 Å². The molecule has 0 spiro atoms. The summed E-state index contributed by atoms with van der Waals surface area (Å²) in [4.78, 5) is 17.1. The van der Waals surface area contributed by atoms with Gasteiger partial charge in [0.2, 0.25) is 0 Å². The molecule has 0 bridgehead atoms. The molecule has 0 N–H and O–H groups in total. The Hall–Kier alpha value is -2.63. The fourth-order valence-corrected chi connectivity index (χ4v) is 2.40. The highest BCUT2D eigenvalue weighted by molar-refractivity contribution is 5.65. The predicted octanol–water partition coefficient (Wildman–Crippen LogP) is 2.61. The molecule has 0 fully saturated rings. The van der Waals surface area contributed by atoms with Crippen molar-refractivity contribution >= 4 is 0 Å². The summed E-state index contributed by atoms with van der Waals surface area (Å²) in [5.41, 5.74) is 5.79. The molecule has 0 unspecified atom stereocenters. The van der Waals surface area contributed by atoms with Crippen LogP contribution < -0.4 is 0 Å². The number of hydrogen-bond donors (Lipinski definition) is 0. The van der Waals surface area contributed by atoms with E-state index in [4.69, 9.17) is 0 Å². The van der Waals surface area contributed by atoms with E-state index in [0.29, 0.717) is 0 Å². The van der Waals surface area contributed by atoms with E-state index in [1.165, 1.54) is 0 Å². The van der Waals surface area contributed by atoms with E-state index in [0.717, 1.165) is 46.1 Å². The Kier molecular flexibility index (Phi) is 3.66. The van der Waals surface area contributed by atoms with Gasteiger partial charge in [-0.15, -0.1) is 0 Å². The number of hydrogen-bond acceptors (Lipinski definition) is 5. The van der Waals surface area contributed by atoms with Gasteiger partial charge in [-0.2, -0.15) is 5.10 Å². The van der Waals surface area contributed by atoms with Crippen LogP contribution in [0.25, 0.3) is 16.9 Å². The van der Waals surface area contributed by atoms with Crippen molar-refractivity contribution in [3.8, 4) is 16.9 Å². The van der Waals surface area contributed by atoms with Crippen LogP contribution in [0.1, 0.15) is 29.7 Å². The molecule has 0 aliphatic carbocycles. The zero-order chi connectivity index (χ0) is 15.7. The number of aryl methyl sites for hydroxylation is 4. The number of rotatable bonds is 3. The molecule has 0 atom stereocenters. The van der Waals surface area contributed by atoms with E-state index in [1.54, 1.807) is 12.5 Å². The second-order valence-electron chi connectivity index (χ2n) is 5.23. The molecule has 0 aromatic carbocycles. The molecule has 3 aromatic heterocycles.